The second kappa shape index (κ2) is 8.59. The molecule has 1 aliphatic heterocycles. The molecular formula is C22H22F3N3O3S. The molecule has 0 spiro atoms. The second-order valence-corrected chi connectivity index (χ2v) is 9.73. The van der Waals surface area contributed by atoms with Gasteiger partial charge in [0, 0.05) is 35.8 Å². The average Bonchev–Trinajstić information content (AvgIpc) is 3.21. The summed E-state index contributed by atoms with van der Waals surface area (Å²) in [4.78, 5) is 15.1. The van der Waals surface area contributed by atoms with E-state index < -0.39 is 28.7 Å². The monoisotopic (exact) mass is 465 g/mol. The summed E-state index contributed by atoms with van der Waals surface area (Å²) < 4.78 is 64.2. The predicted molar refractivity (Wildman–Crippen MR) is 114 cm³/mol. The Labute approximate surface area is 183 Å². The molecule has 0 radical (unpaired) electrons. The van der Waals surface area contributed by atoms with E-state index in [9.17, 15) is 26.4 Å². The minimum Gasteiger partial charge on any atom is -0.361 e. The first-order chi connectivity index (χ1) is 15.1. The van der Waals surface area contributed by atoms with Crippen LogP contribution in [0.1, 0.15) is 34.7 Å². The van der Waals surface area contributed by atoms with Crippen LogP contribution in [0, 0.1) is 0 Å². The van der Waals surface area contributed by atoms with Gasteiger partial charge >= 0.3 is 6.18 Å². The Morgan fingerprint density at radius 3 is 2.38 bits per heavy atom. The van der Waals surface area contributed by atoms with Crippen molar-refractivity contribution in [3.63, 3.8) is 0 Å². The van der Waals surface area contributed by atoms with Gasteiger partial charge in [-0.25, -0.2) is 8.42 Å². The van der Waals surface area contributed by atoms with E-state index in [2.05, 4.69) is 11.1 Å². The Morgan fingerprint density at radius 2 is 1.72 bits per heavy atom. The van der Waals surface area contributed by atoms with Gasteiger partial charge in [0.25, 0.3) is 5.91 Å². The van der Waals surface area contributed by atoms with Crippen LogP contribution in [-0.2, 0) is 10.0 Å². The smallest absolute Gasteiger partial charge is 0.361 e. The molecule has 32 heavy (non-hydrogen) atoms. The summed E-state index contributed by atoms with van der Waals surface area (Å²) >= 11 is 0. The number of piperidine rings is 1. The van der Waals surface area contributed by atoms with Crippen LogP contribution in [-0.4, -0.2) is 49.4 Å². The topological polar surface area (TPSA) is 82.3 Å². The first-order valence-electron chi connectivity index (χ1n) is 10.2. The van der Waals surface area contributed by atoms with E-state index in [1.165, 1.54) is 34.1 Å². The van der Waals surface area contributed by atoms with Gasteiger partial charge in [0.05, 0.1) is 4.90 Å². The van der Waals surface area contributed by atoms with Crippen molar-refractivity contribution >= 4 is 26.8 Å². The molecule has 1 aliphatic rings. The standard InChI is InChI=1S/C22H22F3N3O3S/c23-22(24,25)14-27-21(29)16-5-7-17(8-6-16)32(30,31)28-11-9-15(10-12-28)19-13-26-20-4-2-1-3-18(19)20/h1-8,13,15,26H,9-12,14H2,(H,27,29). The number of amides is 1. The first kappa shape index (κ1) is 22.3. The Morgan fingerprint density at radius 1 is 1.06 bits per heavy atom. The number of alkyl halides is 3. The number of rotatable bonds is 5. The molecule has 10 heteroatoms. The van der Waals surface area contributed by atoms with Crippen molar-refractivity contribution in [2.24, 2.45) is 0 Å². The zero-order chi connectivity index (χ0) is 22.9. The number of para-hydroxylation sites is 1. The SMILES string of the molecule is O=C(NCC(F)(F)F)c1ccc(S(=O)(=O)N2CCC(c3c[nH]c4ccccc34)CC2)cc1. The molecule has 6 nitrogen and oxygen atoms in total. The van der Waals surface area contributed by atoms with Crippen LogP contribution < -0.4 is 5.32 Å². The van der Waals surface area contributed by atoms with E-state index in [4.69, 9.17) is 0 Å². The Balaban J connectivity index is 1.41. The lowest BCUT2D eigenvalue weighted by atomic mass is 9.90. The molecule has 1 fully saturated rings. The second-order valence-electron chi connectivity index (χ2n) is 7.79. The molecule has 4 rings (SSSR count). The van der Waals surface area contributed by atoms with Crippen LogP contribution in [0.3, 0.4) is 0 Å². The molecule has 2 heterocycles. The summed E-state index contributed by atoms with van der Waals surface area (Å²) in [6.07, 6.45) is -1.17. The predicted octanol–water partition coefficient (Wildman–Crippen LogP) is 4.03. The molecule has 1 saturated heterocycles. The van der Waals surface area contributed by atoms with E-state index >= 15 is 0 Å². The lowest BCUT2D eigenvalue weighted by Crippen LogP contribution is -2.38. The highest BCUT2D eigenvalue weighted by Crippen LogP contribution is 2.34. The Bertz CT molecular complexity index is 1210. The largest absolute Gasteiger partial charge is 0.405 e. The maximum atomic E-state index is 13.0. The van der Waals surface area contributed by atoms with Gasteiger partial charge in [0.2, 0.25) is 10.0 Å². The van der Waals surface area contributed by atoms with Gasteiger partial charge < -0.3 is 10.3 Å². The third-order valence-electron chi connectivity index (χ3n) is 5.72. The van der Waals surface area contributed by atoms with Gasteiger partial charge in [-0.05, 0) is 54.7 Å². The van der Waals surface area contributed by atoms with Crippen molar-refractivity contribution in [2.45, 2.75) is 29.8 Å². The summed E-state index contributed by atoms with van der Waals surface area (Å²) in [5.74, 6) is -0.664. The number of hydrogen-bond donors (Lipinski definition) is 2. The number of sulfonamides is 1. The molecule has 0 atom stereocenters. The number of halogens is 3. The fourth-order valence-electron chi connectivity index (χ4n) is 4.05. The highest BCUT2D eigenvalue weighted by Gasteiger charge is 2.31. The zero-order valence-electron chi connectivity index (χ0n) is 17.0. The molecule has 0 unspecified atom stereocenters. The molecule has 3 aromatic rings. The van der Waals surface area contributed by atoms with Gasteiger partial charge in [-0.2, -0.15) is 17.5 Å². The number of carbonyl (C=O) groups excluding carboxylic acids is 1. The van der Waals surface area contributed by atoms with E-state index in [-0.39, 0.29) is 16.4 Å². The number of benzene rings is 2. The van der Waals surface area contributed by atoms with E-state index in [0.717, 1.165) is 10.9 Å². The van der Waals surface area contributed by atoms with Gasteiger partial charge in [-0.3, -0.25) is 4.79 Å². The number of aromatic nitrogens is 1. The highest BCUT2D eigenvalue weighted by molar-refractivity contribution is 7.89. The van der Waals surface area contributed by atoms with E-state index in [1.807, 2.05) is 24.4 Å². The van der Waals surface area contributed by atoms with Crippen molar-refractivity contribution in [3.8, 4) is 0 Å². The molecule has 0 saturated carbocycles. The maximum Gasteiger partial charge on any atom is 0.405 e. The lowest BCUT2D eigenvalue weighted by Gasteiger charge is -2.31. The number of hydrogen-bond acceptors (Lipinski definition) is 3. The molecule has 0 aliphatic carbocycles. The summed E-state index contributed by atoms with van der Waals surface area (Å²) in [5.41, 5.74) is 2.20. The first-order valence-corrected chi connectivity index (χ1v) is 11.6. The quantitative estimate of drug-likeness (QED) is 0.597. The van der Waals surface area contributed by atoms with Crippen molar-refractivity contribution in [1.29, 1.82) is 0 Å². The Hall–Kier alpha value is -2.85. The van der Waals surface area contributed by atoms with E-state index in [0.29, 0.717) is 25.9 Å². The highest BCUT2D eigenvalue weighted by atomic mass is 32.2. The number of fused-ring (bicyclic) bond motifs is 1. The summed E-state index contributed by atoms with van der Waals surface area (Å²) in [6.45, 7) is -0.724. The van der Waals surface area contributed by atoms with Gasteiger partial charge in [-0.1, -0.05) is 18.2 Å². The van der Waals surface area contributed by atoms with Gasteiger partial charge in [-0.15, -0.1) is 0 Å². The molecule has 170 valence electrons. The number of nitrogens with one attached hydrogen (secondary N) is 2. The Kier molecular flexibility index (Phi) is 6.00. The van der Waals surface area contributed by atoms with Crippen LogP contribution >= 0.6 is 0 Å². The van der Waals surface area contributed by atoms with Crippen LogP contribution in [0.2, 0.25) is 0 Å². The molecule has 2 aromatic carbocycles. The van der Waals surface area contributed by atoms with Crippen molar-refractivity contribution in [1.82, 2.24) is 14.6 Å². The number of carbonyl (C=O) groups is 1. The minimum absolute atomic E-state index is 0.00964. The van der Waals surface area contributed by atoms with Crippen LogP contribution in [0.5, 0.6) is 0 Å². The normalized spacial score (nSPS) is 16.3. The van der Waals surface area contributed by atoms with Crippen LogP contribution in [0.15, 0.2) is 59.6 Å². The fourth-order valence-corrected chi connectivity index (χ4v) is 5.52. The van der Waals surface area contributed by atoms with Crippen LogP contribution in [0.25, 0.3) is 10.9 Å². The average molecular weight is 465 g/mol. The van der Waals surface area contributed by atoms with Crippen molar-refractivity contribution in [2.75, 3.05) is 19.6 Å². The summed E-state index contributed by atoms with van der Waals surface area (Å²) in [6, 6.07) is 12.9. The molecular weight excluding hydrogens is 443 g/mol. The van der Waals surface area contributed by atoms with Gasteiger partial charge in [0.1, 0.15) is 6.54 Å². The maximum absolute atomic E-state index is 13.0. The van der Waals surface area contributed by atoms with Crippen LogP contribution in [0.4, 0.5) is 13.2 Å². The third-order valence-corrected chi connectivity index (χ3v) is 7.63. The summed E-state index contributed by atoms with van der Waals surface area (Å²) in [5, 5.41) is 2.91. The molecule has 1 aromatic heterocycles. The number of H-pyrrole nitrogens is 1. The molecule has 0 bridgehead atoms. The van der Waals surface area contributed by atoms with Crippen molar-refractivity contribution < 1.29 is 26.4 Å². The van der Waals surface area contributed by atoms with Gasteiger partial charge in [0.15, 0.2) is 0 Å². The lowest BCUT2D eigenvalue weighted by molar-refractivity contribution is -0.123. The minimum atomic E-state index is -4.52. The van der Waals surface area contributed by atoms with Crippen molar-refractivity contribution in [3.05, 3.63) is 65.9 Å². The third kappa shape index (κ3) is 4.66. The van der Waals surface area contributed by atoms with E-state index in [1.54, 1.807) is 5.32 Å². The summed E-state index contributed by atoms with van der Waals surface area (Å²) in [7, 11) is -3.76. The number of aromatic amines is 1. The molecule has 2 N–H and O–H groups in total. The molecule has 1 amide bonds. The zero-order valence-corrected chi connectivity index (χ0v) is 17.8. The number of nitrogens with zero attached hydrogens (tertiary/aromatic N) is 1. The fraction of sp³-hybridized carbons (Fsp3) is 0.318.